The minimum Gasteiger partial charge on any atom is -0.386 e. The summed E-state index contributed by atoms with van der Waals surface area (Å²) < 4.78 is 1.68. The molecule has 0 aliphatic heterocycles. The van der Waals surface area contributed by atoms with Gasteiger partial charge in [0.1, 0.15) is 6.10 Å². The summed E-state index contributed by atoms with van der Waals surface area (Å²) in [5.74, 6) is 2.27. The number of fused-ring (bicyclic) bond motifs is 1. The molecule has 1 heterocycles. The molecule has 1 aromatic heterocycles. The summed E-state index contributed by atoms with van der Waals surface area (Å²) >= 11 is 0. The van der Waals surface area contributed by atoms with Gasteiger partial charge in [-0.3, -0.25) is 0 Å². The van der Waals surface area contributed by atoms with Crippen LogP contribution in [0.2, 0.25) is 0 Å². The second-order valence-electron chi connectivity index (χ2n) is 4.71. The van der Waals surface area contributed by atoms with Crippen LogP contribution in [0.25, 0.3) is 0 Å². The van der Waals surface area contributed by atoms with Gasteiger partial charge in [-0.25, -0.2) is 4.68 Å². The first kappa shape index (κ1) is 8.41. The van der Waals surface area contributed by atoms with E-state index in [0.717, 1.165) is 17.5 Å². The van der Waals surface area contributed by atoms with Crippen molar-refractivity contribution in [1.82, 2.24) is 15.0 Å². The molecular formula is C10H15N3O. The lowest BCUT2D eigenvalue weighted by atomic mass is 9.95. The Balaban J connectivity index is 1.76. The predicted molar refractivity (Wildman–Crippen MR) is 50.3 cm³/mol. The molecule has 4 heteroatoms. The largest absolute Gasteiger partial charge is 0.386 e. The van der Waals surface area contributed by atoms with Gasteiger partial charge in [0.15, 0.2) is 0 Å². The van der Waals surface area contributed by atoms with Crippen LogP contribution in [0.15, 0.2) is 6.20 Å². The van der Waals surface area contributed by atoms with E-state index in [1.54, 1.807) is 10.9 Å². The van der Waals surface area contributed by atoms with Gasteiger partial charge in [0, 0.05) is 7.05 Å². The smallest absolute Gasteiger partial charge is 0.100 e. The average molecular weight is 193 g/mol. The molecular weight excluding hydrogens is 178 g/mol. The maximum Gasteiger partial charge on any atom is 0.100 e. The highest BCUT2D eigenvalue weighted by Crippen LogP contribution is 2.56. The van der Waals surface area contributed by atoms with Crippen LogP contribution in [0.3, 0.4) is 0 Å². The van der Waals surface area contributed by atoms with Crippen molar-refractivity contribution in [2.45, 2.75) is 25.4 Å². The molecule has 0 saturated heterocycles. The summed E-state index contributed by atoms with van der Waals surface area (Å²) in [6.07, 6.45) is 5.10. The number of hydrogen-bond acceptors (Lipinski definition) is 3. The van der Waals surface area contributed by atoms with Crippen LogP contribution in [0, 0.1) is 17.8 Å². The molecule has 0 spiro atoms. The molecule has 2 saturated carbocycles. The maximum absolute atomic E-state index is 10.1. The van der Waals surface area contributed by atoms with Crippen LogP contribution in [0.5, 0.6) is 0 Å². The number of nitrogens with zero attached hydrogens (tertiary/aromatic N) is 3. The minimum absolute atomic E-state index is 0.359. The fourth-order valence-electron chi connectivity index (χ4n) is 2.83. The first-order valence-electron chi connectivity index (χ1n) is 5.28. The maximum atomic E-state index is 10.1. The summed E-state index contributed by atoms with van der Waals surface area (Å²) in [6.45, 7) is 0. The molecule has 1 N–H and O–H groups in total. The van der Waals surface area contributed by atoms with Gasteiger partial charge >= 0.3 is 0 Å². The van der Waals surface area contributed by atoms with Crippen molar-refractivity contribution >= 4 is 0 Å². The van der Waals surface area contributed by atoms with E-state index in [-0.39, 0.29) is 6.10 Å². The van der Waals surface area contributed by atoms with Gasteiger partial charge in [-0.2, -0.15) is 0 Å². The van der Waals surface area contributed by atoms with Crippen LogP contribution in [0.4, 0.5) is 0 Å². The molecule has 3 atom stereocenters. The lowest BCUT2D eigenvalue weighted by Gasteiger charge is -2.18. The standard InChI is InChI=1S/C10H15N3O/c1-13-9(5-11-12-13)10(14)8-3-6-2-7(6)4-8/h5-8,10,14H,2-4H2,1H3. The molecule has 0 aromatic carbocycles. The topological polar surface area (TPSA) is 50.9 Å². The summed E-state index contributed by atoms with van der Waals surface area (Å²) in [6, 6.07) is 0. The average Bonchev–Trinajstić information content (AvgIpc) is 2.64. The number of aryl methyl sites for hydroxylation is 1. The monoisotopic (exact) mass is 193 g/mol. The van der Waals surface area contributed by atoms with Crippen LogP contribution in [0.1, 0.15) is 31.1 Å². The summed E-state index contributed by atoms with van der Waals surface area (Å²) in [4.78, 5) is 0. The Hall–Kier alpha value is -0.900. The molecule has 14 heavy (non-hydrogen) atoms. The van der Waals surface area contributed by atoms with E-state index in [9.17, 15) is 5.11 Å². The van der Waals surface area contributed by atoms with Crippen molar-refractivity contribution in [3.63, 3.8) is 0 Å². The molecule has 4 nitrogen and oxygen atoms in total. The van der Waals surface area contributed by atoms with Crippen LogP contribution in [-0.4, -0.2) is 20.1 Å². The molecule has 2 aliphatic rings. The third-order valence-electron chi connectivity index (χ3n) is 3.78. The first-order chi connectivity index (χ1) is 6.75. The van der Waals surface area contributed by atoms with Crippen LogP contribution in [-0.2, 0) is 7.05 Å². The zero-order chi connectivity index (χ0) is 9.71. The molecule has 0 bridgehead atoms. The summed E-state index contributed by atoms with van der Waals surface area (Å²) in [5, 5.41) is 17.8. The predicted octanol–water partition coefficient (Wildman–Crippen LogP) is 0.895. The fraction of sp³-hybridized carbons (Fsp3) is 0.800. The number of aromatic nitrogens is 3. The van der Waals surface area contributed by atoms with Crippen LogP contribution < -0.4 is 0 Å². The molecule has 0 radical (unpaired) electrons. The van der Waals surface area contributed by atoms with Crippen molar-refractivity contribution in [3.05, 3.63) is 11.9 Å². The Morgan fingerprint density at radius 1 is 1.43 bits per heavy atom. The number of aliphatic hydroxyl groups excluding tert-OH is 1. The highest BCUT2D eigenvalue weighted by molar-refractivity contribution is 5.06. The molecule has 3 unspecified atom stereocenters. The second-order valence-corrected chi connectivity index (χ2v) is 4.71. The van der Waals surface area contributed by atoms with E-state index >= 15 is 0 Å². The SMILES string of the molecule is Cn1nncc1C(O)C1CC2CC2C1. The van der Waals surface area contributed by atoms with Crippen molar-refractivity contribution in [3.8, 4) is 0 Å². The van der Waals surface area contributed by atoms with Crippen molar-refractivity contribution < 1.29 is 5.11 Å². The van der Waals surface area contributed by atoms with Gasteiger partial charge in [-0.1, -0.05) is 5.21 Å². The van der Waals surface area contributed by atoms with Gasteiger partial charge in [-0.05, 0) is 37.0 Å². The number of hydrogen-bond donors (Lipinski definition) is 1. The quantitative estimate of drug-likeness (QED) is 0.759. The van der Waals surface area contributed by atoms with E-state index in [1.165, 1.54) is 19.3 Å². The van der Waals surface area contributed by atoms with E-state index < -0.39 is 0 Å². The molecule has 2 aliphatic carbocycles. The van der Waals surface area contributed by atoms with Crippen molar-refractivity contribution in [2.75, 3.05) is 0 Å². The van der Waals surface area contributed by atoms with Gasteiger partial charge in [0.05, 0.1) is 11.9 Å². The van der Waals surface area contributed by atoms with Crippen molar-refractivity contribution in [1.29, 1.82) is 0 Å². The summed E-state index contributed by atoms with van der Waals surface area (Å²) in [5.41, 5.74) is 0.858. The minimum atomic E-state index is -0.359. The van der Waals surface area contributed by atoms with E-state index in [1.807, 2.05) is 7.05 Å². The van der Waals surface area contributed by atoms with Crippen molar-refractivity contribution in [2.24, 2.45) is 24.8 Å². The van der Waals surface area contributed by atoms with E-state index in [2.05, 4.69) is 10.3 Å². The molecule has 0 amide bonds. The molecule has 76 valence electrons. The molecule has 3 rings (SSSR count). The number of aliphatic hydroxyl groups is 1. The lowest BCUT2D eigenvalue weighted by Crippen LogP contribution is -2.14. The zero-order valence-corrected chi connectivity index (χ0v) is 8.30. The Morgan fingerprint density at radius 3 is 2.71 bits per heavy atom. The Morgan fingerprint density at radius 2 is 2.14 bits per heavy atom. The third kappa shape index (κ3) is 1.17. The number of rotatable bonds is 2. The fourth-order valence-corrected chi connectivity index (χ4v) is 2.83. The van der Waals surface area contributed by atoms with E-state index in [0.29, 0.717) is 5.92 Å². The van der Waals surface area contributed by atoms with Gasteiger partial charge in [-0.15, -0.1) is 5.10 Å². The zero-order valence-electron chi connectivity index (χ0n) is 8.30. The normalized spacial score (nSPS) is 36.9. The highest BCUT2D eigenvalue weighted by Gasteiger charge is 2.48. The Bertz CT molecular complexity index is 339. The Labute approximate surface area is 82.9 Å². The Kier molecular flexibility index (Phi) is 1.68. The third-order valence-corrected chi connectivity index (χ3v) is 3.78. The van der Waals surface area contributed by atoms with E-state index in [4.69, 9.17) is 0 Å². The van der Waals surface area contributed by atoms with Gasteiger partial charge < -0.3 is 5.11 Å². The second kappa shape index (κ2) is 2.79. The van der Waals surface area contributed by atoms with Gasteiger partial charge in [0.2, 0.25) is 0 Å². The molecule has 2 fully saturated rings. The summed E-state index contributed by atoms with van der Waals surface area (Å²) in [7, 11) is 1.83. The molecule has 1 aromatic rings. The highest BCUT2D eigenvalue weighted by atomic mass is 16.3. The lowest BCUT2D eigenvalue weighted by molar-refractivity contribution is 0.0964. The van der Waals surface area contributed by atoms with Gasteiger partial charge in [0.25, 0.3) is 0 Å². The van der Waals surface area contributed by atoms with Crippen LogP contribution >= 0.6 is 0 Å². The first-order valence-corrected chi connectivity index (χ1v) is 5.28.